The molecule has 1 nitrogen and oxygen atoms in total. The van der Waals surface area contributed by atoms with E-state index in [2.05, 4.69) is 0 Å². The maximum absolute atomic E-state index is 13.9. The standard InChI is InChI=1S/C12H5F8N/c13-6-5-7(21-3-1-2-4-21)10(15)8(9(6)14)11(16,17)12(18,19)20/h1-5H. The van der Waals surface area contributed by atoms with Gasteiger partial charge in [0.25, 0.3) is 0 Å². The van der Waals surface area contributed by atoms with Gasteiger partial charge in [-0.25, -0.2) is 13.2 Å². The number of nitrogens with zero attached hydrogens (tertiary/aromatic N) is 1. The molecule has 1 aromatic heterocycles. The van der Waals surface area contributed by atoms with Gasteiger partial charge in [-0.15, -0.1) is 0 Å². The summed E-state index contributed by atoms with van der Waals surface area (Å²) in [6.45, 7) is 0. The first kappa shape index (κ1) is 15.3. The van der Waals surface area contributed by atoms with E-state index >= 15 is 0 Å². The summed E-state index contributed by atoms with van der Waals surface area (Å²) in [5.74, 6) is -12.7. The molecule has 0 N–H and O–H groups in total. The topological polar surface area (TPSA) is 4.93 Å². The van der Waals surface area contributed by atoms with Crippen LogP contribution in [-0.4, -0.2) is 10.7 Å². The molecule has 1 heterocycles. The summed E-state index contributed by atoms with van der Waals surface area (Å²) < 4.78 is 104. The summed E-state index contributed by atoms with van der Waals surface area (Å²) in [7, 11) is 0. The highest BCUT2D eigenvalue weighted by Gasteiger charge is 2.62. The normalized spacial score (nSPS) is 12.8. The molecule has 21 heavy (non-hydrogen) atoms. The predicted octanol–water partition coefficient (Wildman–Crippen LogP) is 4.55. The first-order valence-electron chi connectivity index (χ1n) is 5.33. The Morgan fingerprint density at radius 3 is 1.81 bits per heavy atom. The van der Waals surface area contributed by atoms with E-state index in [-0.39, 0.29) is 6.07 Å². The van der Waals surface area contributed by atoms with Crippen molar-refractivity contribution in [1.82, 2.24) is 4.57 Å². The van der Waals surface area contributed by atoms with Gasteiger partial charge in [0.2, 0.25) is 0 Å². The van der Waals surface area contributed by atoms with Crippen molar-refractivity contribution in [2.45, 2.75) is 12.1 Å². The Bertz CT molecular complexity index is 657. The number of hydrogen-bond donors (Lipinski definition) is 0. The summed E-state index contributed by atoms with van der Waals surface area (Å²) in [6, 6.07) is 2.78. The number of hydrogen-bond acceptors (Lipinski definition) is 0. The molecule has 0 fully saturated rings. The average molecular weight is 315 g/mol. The summed E-state index contributed by atoms with van der Waals surface area (Å²) >= 11 is 0. The van der Waals surface area contributed by atoms with Crippen LogP contribution in [-0.2, 0) is 5.92 Å². The number of rotatable bonds is 2. The molecular formula is C12H5F8N. The largest absolute Gasteiger partial charge is 0.458 e. The highest BCUT2D eigenvalue weighted by atomic mass is 19.4. The van der Waals surface area contributed by atoms with E-state index in [9.17, 15) is 35.1 Å². The van der Waals surface area contributed by atoms with Crippen molar-refractivity contribution in [2.75, 3.05) is 0 Å². The Morgan fingerprint density at radius 1 is 0.810 bits per heavy atom. The molecule has 0 aliphatic heterocycles. The van der Waals surface area contributed by atoms with Crippen molar-refractivity contribution in [2.24, 2.45) is 0 Å². The van der Waals surface area contributed by atoms with Gasteiger partial charge >= 0.3 is 12.1 Å². The maximum Gasteiger partial charge on any atom is 0.458 e. The fourth-order valence-corrected chi connectivity index (χ4v) is 1.69. The minimum absolute atomic E-state index is 0.195. The number of aromatic nitrogens is 1. The first-order chi connectivity index (χ1) is 9.57. The van der Waals surface area contributed by atoms with Crippen LogP contribution in [0.3, 0.4) is 0 Å². The molecule has 0 unspecified atom stereocenters. The molecule has 0 radical (unpaired) electrons. The number of alkyl halides is 5. The van der Waals surface area contributed by atoms with Crippen molar-refractivity contribution in [1.29, 1.82) is 0 Å². The molecule has 2 rings (SSSR count). The van der Waals surface area contributed by atoms with E-state index in [0.29, 0.717) is 0 Å². The van der Waals surface area contributed by atoms with Gasteiger partial charge in [-0.1, -0.05) is 0 Å². The molecule has 0 amide bonds. The van der Waals surface area contributed by atoms with Crippen LogP contribution in [0.2, 0.25) is 0 Å². The minimum Gasteiger partial charge on any atom is -0.321 e. The van der Waals surface area contributed by atoms with E-state index in [1.165, 1.54) is 12.1 Å². The zero-order chi connectivity index (χ0) is 16.0. The van der Waals surface area contributed by atoms with Crippen LogP contribution in [0.25, 0.3) is 5.69 Å². The predicted molar refractivity (Wildman–Crippen MR) is 55.6 cm³/mol. The van der Waals surface area contributed by atoms with Crippen molar-refractivity contribution >= 4 is 0 Å². The van der Waals surface area contributed by atoms with E-state index in [1.807, 2.05) is 0 Å². The lowest BCUT2D eigenvalue weighted by molar-refractivity contribution is -0.291. The van der Waals surface area contributed by atoms with Gasteiger partial charge in [-0.05, 0) is 12.1 Å². The third-order valence-corrected chi connectivity index (χ3v) is 2.69. The summed E-state index contributed by atoms with van der Waals surface area (Å²) in [5, 5.41) is 0. The molecule has 1 aromatic carbocycles. The van der Waals surface area contributed by atoms with E-state index < -0.39 is 40.8 Å². The van der Waals surface area contributed by atoms with Crippen molar-refractivity contribution < 1.29 is 35.1 Å². The monoisotopic (exact) mass is 315 g/mol. The van der Waals surface area contributed by atoms with Crippen LogP contribution < -0.4 is 0 Å². The van der Waals surface area contributed by atoms with E-state index in [0.717, 1.165) is 17.0 Å². The van der Waals surface area contributed by atoms with Gasteiger partial charge < -0.3 is 4.57 Å². The Labute approximate surface area is 112 Å². The lowest BCUT2D eigenvalue weighted by Crippen LogP contribution is -2.36. The van der Waals surface area contributed by atoms with Gasteiger partial charge in [0.1, 0.15) is 5.56 Å². The molecule has 9 heteroatoms. The van der Waals surface area contributed by atoms with Gasteiger partial charge in [0.15, 0.2) is 17.5 Å². The molecular weight excluding hydrogens is 310 g/mol. The number of benzene rings is 1. The average Bonchev–Trinajstić information content (AvgIpc) is 2.85. The van der Waals surface area contributed by atoms with Gasteiger partial charge in [0.05, 0.1) is 5.69 Å². The summed E-state index contributed by atoms with van der Waals surface area (Å²) in [5.41, 5.74) is -3.63. The molecule has 0 saturated heterocycles. The molecule has 2 aromatic rings. The highest BCUT2D eigenvalue weighted by molar-refractivity contribution is 5.42. The lowest BCUT2D eigenvalue weighted by Gasteiger charge is -2.22. The van der Waals surface area contributed by atoms with Crippen LogP contribution in [0.4, 0.5) is 35.1 Å². The Hall–Kier alpha value is -2.06. The molecule has 114 valence electrons. The summed E-state index contributed by atoms with van der Waals surface area (Å²) in [4.78, 5) is 0. The minimum atomic E-state index is -6.27. The Kier molecular flexibility index (Phi) is 3.46. The number of halogens is 8. The smallest absolute Gasteiger partial charge is 0.321 e. The maximum atomic E-state index is 13.9. The molecule has 0 atom stereocenters. The highest BCUT2D eigenvalue weighted by Crippen LogP contribution is 2.46. The fourth-order valence-electron chi connectivity index (χ4n) is 1.69. The third kappa shape index (κ3) is 2.36. The molecule has 0 saturated carbocycles. The second kappa shape index (κ2) is 4.74. The third-order valence-electron chi connectivity index (χ3n) is 2.69. The van der Waals surface area contributed by atoms with Crippen molar-refractivity contribution in [3.63, 3.8) is 0 Å². The second-order valence-corrected chi connectivity index (χ2v) is 4.04. The van der Waals surface area contributed by atoms with Crippen LogP contribution >= 0.6 is 0 Å². The van der Waals surface area contributed by atoms with Crippen LogP contribution in [0, 0.1) is 17.5 Å². The summed E-state index contributed by atoms with van der Waals surface area (Å²) in [6.07, 6.45) is -4.12. The van der Waals surface area contributed by atoms with Crippen molar-refractivity contribution in [3.05, 3.63) is 53.6 Å². The van der Waals surface area contributed by atoms with E-state index in [4.69, 9.17) is 0 Å². The lowest BCUT2D eigenvalue weighted by atomic mass is 10.0. The Balaban J connectivity index is 2.78. The molecule has 0 aliphatic rings. The molecule has 0 spiro atoms. The van der Waals surface area contributed by atoms with Crippen molar-refractivity contribution in [3.8, 4) is 5.69 Å². The van der Waals surface area contributed by atoms with E-state index in [1.54, 1.807) is 0 Å². The zero-order valence-corrected chi connectivity index (χ0v) is 9.86. The Morgan fingerprint density at radius 2 is 1.33 bits per heavy atom. The van der Waals surface area contributed by atoms with Gasteiger partial charge in [-0.2, -0.15) is 22.0 Å². The quantitative estimate of drug-likeness (QED) is 0.566. The zero-order valence-electron chi connectivity index (χ0n) is 9.86. The van der Waals surface area contributed by atoms with Crippen LogP contribution in [0.1, 0.15) is 5.56 Å². The van der Waals surface area contributed by atoms with Gasteiger partial charge in [-0.3, -0.25) is 0 Å². The fraction of sp³-hybridized carbons (Fsp3) is 0.167. The first-order valence-corrected chi connectivity index (χ1v) is 5.33. The van der Waals surface area contributed by atoms with Crippen LogP contribution in [0.5, 0.6) is 0 Å². The SMILES string of the molecule is Fc1cc(-n2cccc2)c(F)c(C(F)(F)C(F)(F)F)c1F. The van der Waals surface area contributed by atoms with Gasteiger partial charge in [0, 0.05) is 18.5 Å². The second-order valence-electron chi connectivity index (χ2n) is 4.04. The molecule has 0 aliphatic carbocycles. The van der Waals surface area contributed by atoms with Crippen LogP contribution in [0.15, 0.2) is 30.6 Å². The molecule has 0 bridgehead atoms.